The average Bonchev–Trinajstić information content (AvgIpc) is 2.17. The molecule has 0 bridgehead atoms. The van der Waals surface area contributed by atoms with E-state index < -0.39 is 0 Å². The molecule has 84 valence electrons. The van der Waals surface area contributed by atoms with Crippen molar-refractivity contribution in [2.24, 2.45) is 0 Å². The first kappa shape index (κ1) is 11.7. The third-order valence-electron chi connectivity index (χ3n) is 1.89. The summed E-state index contributed by atoms with van der Waals surface area (Å²) in [6, 6.07) is 1.72. The van der Waals surface area contributed by atoms with E-state index >= 15 is 0 Å². The third kappa shape index (κ3) is 3.71. The van der Waals surface area contributed by atoms with Gasteiger partial charge in [-0.2, -0.15) is 0 Å². The maximum Gasteiger partial charge on any atom is 0.135 e. The molecule has 5 heteroatoms. The van der Waals surface area contributed by atoms with Gasteiger partial charge in [0.2, 0.25) is 0 Å². The van der Waals surface area contributed by atoms with Crippen LogP contribution in [0.3, 0.4) is 0 Å². The quantitative estimate of drug-likeness (QED) is 0.715. The van der Waals surface area contributed by atoms with Gasteiger partial charge in [0, 0.05) is 25.6 Å². The number of aromatic nitrogens is 2. The summed E-state index contributed by atoms with van der Waals surface area (Å²) in [4.78, 5) is 8.50. The van der Waals surface area contributed by atoms with Crippen LogP contribution in [-0.2, 0) is 4.74 Å². The number of ether oxygens (including phenoxy) is 1. The highest BCUT2D eigenvalue weighted by atomic mass is 16.5. The predicted octanol–water partition coefficient (Wildman–Crippen LogP) is 1.24. The van der Waals surface area contributed by atoms with Crippen molar-refractivity contribution in [3.05, 3.63) is 11.9 Å². The van der Waals surface area contributed by atoms with Crippen molar-refractivity contribution >= 4 is 11.6 Å². The number of nitrogens with two attached hydrogens (primary N) is 1. The van der Waals surface area contributed by atoms with Crippen LogP contribution >= 0.6 is 0 Å². The van der Waals surface area contributed by atoms with Gasteiger partial charge in [-0.05, 0) is 0 Å². The van der Waals surface area contributed by atoms with Crippen molar-refractivity contribution in [3.8, 4) is 0 Å². The molecule has 0 spiro atoms. The molecule has 1 aromatic rings. The van der Waals surface area contributed by atoms with Gasteiger partial charge >= 0.3 is 0 Å². The summed E-state index contributed by atoms with van der Waals surface area (Å²) in [6.45, 7) is 5.42. The van der Waals surface area contributed by atoms with E-state index in [1.54, 1.807) is 13.2 Å². The Bertz CT molecular complexity index is 314. The summed E-state index contributed by atoms with van der Waals surface area (Å²) in [7, 11) is 1.66. The minimum atomic E-state index is 0.275. The summed E-state index contributed by atoms with van der Waals surface area (Å²) >= 11 is 0. The first-order valence-corrected chi connectivity index (χ1v) is 5.00. The van der Waals surface area contributed by atoms with Gasteiger partial charge in [-0.3, -0.25) is 0 Å². The number of hydrogen-bond acceptors (Lipinski definition) is 5. The zero-order valence-corrected chi connectivity index (χ0v) is 9.45. The molecule has 0 saturated heterocycles. The Hall–Kier alpha value is -1.36. The molecule has 15 heavy (non-hydrogen) atoms. The van der Waals surface area contributed by atoms with Crippen LogP contribution in [0.4, 0.5) is 11.6 Å². The molecule has 0 aliphatic carbocycles. The maximum absolute atomic E-state index is 5.68. The lowest BCUT2D eigenvalue weighted by Crippen LogP contribution is -2.11. The Morgan fingerprint density at radius 2 is 2.20 bits per heavy atom. The molecular weight excluding hydrogens is 192 g/mol. The highest BCUT2D eigenvalue weighted by molar-refractivity contribution is 5.44. The van der Waals surface area contributed by atoms with Crippen LogP contribution in [0.15, 0.2) is 6.07 Å². The minimum Gasteiger partial charge on any atom is -0.384 e. The lowest BCUT2D eigenvalue weighted by atomic mass is 10.2. The van der Waals surface area contributed by atoms with Gasteiger partial charge in [-0.1, -0.05) is 13.8 Å². The molecule has 1 rings (SSSR count). The third-order valence-corrected chi connectivity index (χ3v) is 1.89. The fraction of sp³-hybridized carbons (Fsp3) is 0.600. The molecule has 0 unspecified atom stereocenters. The number of hydrogen-bond donors (Lipinski definition) is 2. The summed E-state index contributed by atoms with van der Waals surface area (Å²) in [5, 5.41) is 3.13. The molecule has 0 aliphatic rings. The molecule has 5 nitrogen and oxygen atoms in total. The van der Waals surface area contributed by atoms with Crippen molar-refractivity contribution in [2.75, 3.05) is 31.3 Å². The van der Waals surface area contributed by atoms with Crippen LogP contribution in [0, 0.1) is 0 Å². The first-order valence-electron chi connectivity index (χ1n) is 5.00. The number of methoxy groups -OCH3 is 1. The van der Waals surface area contributed by atoms with Crippen molar-refractivity contribution in [3.63, 3.8) is 0 Å². The average molecular weight is 210 g/mol. The van der Waals surface area contributed by atoms with Crippen LogP contribution in [-0.4, -0.2) is 30.2 Å². The van der Waals surface area contributed by atoms with E-state index in [9.17, 15) is 0 Å². The number of nitrogens with zero attached hydrogens (tertiary/aromatic N) is 2. The lowest BCUT2D eigenvalue weighted by molar-refractivity contribution is 0.210. The van der Waals surface area contributed by atoms with Crippen molar-refractivity contribution < 1.29 is 4.74 Å². The van der Waals surface area contributed by atoms with Crippen LogP contribution in [0.5, 0.6) is 0 Å². The fourth-order valence-electron chi connectivity index (χ4n) is 1.12. The van der Waals surface area contributed by atoms with E-state index in [4.69, 9.17) is 10.5 Å². The van der Waals surface area contributed by atoms with Gasteiger partial charge in [-0.25, -0.2) is 9.97 Å². The Labute approximate surface area is 90.1 Å². The predicted molar refractivity (Wildman–Crippen MR) is 60.9 cm³/mol. The Balaban J connectivity index is 2.71. The number of rotatable bonds is 5. The van der Waals surface area contributed by atoms with E-state index in [1.807, 2.05) is 13.8 Å². The van der Waals surface area contributed by atoms with E-state index in [1.165, 1.54) is 0 Å². The van der Waals surface area contributed by atoms with E-state index in [-0.39, 0.29) is 5.92 Å². The second-order valence-electron chi connectivity index (χ2n) is 3.61. The molecule has 1 aromatic heterocycles. The normalized spacial score (nSPS) is 10.7. The van der Waals surface area contributed by atoms with Gasteiger partial charge in [0.15, 0.2) is 0 Å². The lowest BCUT2D eigenvalue weighted by Gasteiger charge is -2.09. The molecular formula is C10H18N4O. The Kier molecular flexibility index (Phi) is 4.30. The van der Waals surface area contributed by atoms with E-state index in [2.05, 4.69) is 15.3 Å². The standard InChI is InChI=1S/C10H18N4O/c1-7(2)10-13-8(11)6-9(14-10)12-4-5-15-3/h6-7H,4-5H2,1-3H3,(H3,11,12,13,14). The second-order valence-corrected chi connectivity index (χ2v) is 3.61. The van der Waals surface area contributed by atoms with Crippen LogP contribution in [0.25, 0.3) is 0 Å². The number of anilines is 2. The molecule has 1 heterocycles. The fourth-order valence-corrected chi connectivity index (χ4v) is 1.12. The maximum atomic E-state index is 5.68. The van der Waals surface area contributed by atoms with Gasteiger partial charge in [0.1, 0.15) is 17.5 Å². The van der Waals surface area contributed by atoms with Crippen LogP contribution in [0.1, 0.15) is 25.6 Å². The highest BCUT2D eigenvalue weighted by Gasteiger charge is 2.05. The summed E-state index contributed by atoms with van der Waals surface area (Å²) in [5.41, 5.74) is 5.68. The number of nitrogens with one attached hydrogen (secondary N) is 1. The SMILES string of the molecule is COCCNc1cc(N)nc(C(C)C)n1. The Morgan fingerprint density at radius 3 is 2.80 bits per heavy atom. The molecule has 0 saturated carbocycles. The van der Waals surface area contributed by atoms with Gasteiger partial charge in [0.05, 0.1) is 6.61 Å². The summed E-state index contributed by atoms with van der Waals surface area (Å²) in [6.07, 6.45) is 0. The van der Waals surface area contributed by atoms with E-state index in [0.717, 1.165) is 11.6 Å². The molecule has 0 atom stereocenters. The van der Waals surface area contributed by atoms with E-state index in [0.29, 0.717) is 19.0 Å². The molecule has 3 N–H and O–H groups in total. The van der Waals surface area contributed by atoms with Crippen molar-refractivity contribution in [1.82, 2.24) is 9.97 Å². The topological polar surface area (TPSA) is 73.1 Å². The van der Waals surface area contributed by atoms with Gasteiger partial charge < -0.3 is 15.8 Å². The smallest absolute Gasteiger partial charge is 0.135 e. The second kappa shape index (κ2) is 5.50. The van der Waals surface area contributed by atoms with Crippen molar-refractivity contribution in [2.45, 2.75) is 19.8 Å². The van der Waals surface area contributed by atoms with Crippen molar-refractivity contribution in [1.29, 1.82) is 0 Å². The highest BCUT2D eigenvalue weighted by Crippen LogP contribution is 2.14. The van der Waals surface area contributed by atoms with Gasteiger partial charge in [0.25, 0.3) is 0 Å². The minimum absolute atomic E-state index is 0.275. The van der Waals surface area contributed by atoms with Crippen LogP contribution < -0.4 is 11.1 Å². The van der Waals surface area contributed by atoms with Crippen LogP contribution in [0.2, 0.25) is 0 Å². The summed E-state index contributed by atoms with van der Waals surface area (Å²) in [5.74, 6) is 2.28. The molecule has 0 aliphatic heterocycles. The first-order chi connectivity index (χ1) is 7.13. The largest absolute Gasteiger partial charge is 0.384 e. The zero-order chi connectivity index (χ0) is 11.3. The molecule has 0 amide bonds. The Morgan fingerprint density at radius 1 is 1.47 bits per heavy atom. The molecule has 0 aromatic carbocycles. The monoisotopic (exact) mass is 210 g/mol. The number of nitrogen functional groups attached to an aromatic ring is 1. The zero-order valence-electron chi connectivity index (χ0n) is 9.45. The van der Waals surface area contributed by atoms with Gasteiger partial charge in [-0.15, -0.1) is 0 Å². The summed E-state index contributed by atoms with van der Waals surface area (Å²) < 4.78 is 4.93. The molecule has 0 fully saturated rings. The molecule has 0 radical (unpaired) electrons.